The topological polar surface area (TPSA) is 209 Å². The van der Waals surface area contributed by atoms with Crippen LogP contribution in [-0.4, -0.2) is 69.6 Å². The van der Waals surface area contributed by atoms with Gasteiger partial charge >= 0.3 is 13.9 Å². The summed E-state index contributed by atoms with van der Waals surface area (Å²) >= 11 is 0. The Bertz CT molecular complexity index is 1270. The van der Waals surface area contributed by atoms with Crippen LogP contribution in [0.2, 0.25) is 0 Å². The quantitative estimate of drug-likeness (QED) is 0.137. The molecule has 2 rings (SSSR count). The number of amidine groups is 1. The van der Waals surface area contributed by atoms with Crippen LogP contribution in [0.15, 0.2) is 34.4 Å². The Morgan fingerprint density at radius 2 is 1.95 bits per heavy atom. The van der Waals surface area contributed by atoms with Gasteiger partial charge in [-0.2, -0.15) is 0 Å². The number of nitrogens with zero attached hydrogens (tertiary/aromatic N) is 3. The number of ether oxygens (including phenoxy) is 1. The number of aromatic nitrogens is 1. The number of phosphoric ester groups is 1. The van der Waals surface area contributed by atoms with Crippen molar-refractivity contribution in [2.75, 3.05) is 19.9 Å². The maximum absolute atomic E-state index is 13.0. The Hall–Kier alpha value is -3.84. The Morgan fingerprint density at radius 3 is 2.54 bits per heavy atom. The Kier molecular flexibility index (Phi) is 10.3. The van der Waals surface area contributed by atoms with Crippen LogP contribution >= 0.6 is 7.82 Å². The van der Waals surface area contributed by atoms with Gasteiger partial charge in [0.1, 0.15) is 0 Å². The average Bonchev–Trinajstić information content (AvgIpc) is 3.20. The van der Waals surface area contributed by atoms with E-state index >= 15 is 0 Å². The fraction of sp³-hybridized carbons (Fsp3) is 0.318. The zero-order valence-electron chi connectivity index (χ0n) is 20.7. The SMILES string of the molecule is CCNC(=O)c1ccc(C)c(N=C(N=CN)c2[nH]cc(C(=O)N(CC)C(=O)OCOP(=O)(O)O)c2C)c1. The zero-order valence-corrected chi connectivity index (χ0v) is 21.6. The highest BCUT2D eigenvalue weighted by Crippen LogP contribution is 2.35. The highest BCUT2D eigenvalue weighted by atomic mass is 31.2. The number of hydrogen-bond donors (Lipinski definition) is 5. The van der Waals surface area contributed by atoms with E-state index in [9.17, 15) is 18.9 Å². The number of nitrogens with one attached hydrogen (secondary N) is 2. The van der Waals surface area contributed by atoms with Crippen LogP contribution in [0.1, 0.15) is 51.4 Å². The van der Waals surface area contributed by atoms with Gasteiger partial charge in [-0.3, -0.25) is 9.59 Å². The van der Waals surface area contributed by atoms with Crippen LogP contribution in [0, 0.1) is 13.8 Å². The van der Waals surface area contributed by atoms with E-state index in [1.807, 2.05) is 13.8 Å². The highest BCUT2D eigenvalue weighted by molar-refractivity contribution is 7.46. The number of carbonyl (C=O) groups is 3. The van der Waals surface area contributed by atoms with Crippen LogP contribution in [0.5, 0.6) is 0 Å². The number of carbonyl (C=O) groups excluding carboxylic acids is 3. The minimum Gasteiger partial charge on any atom is -0.421 e. The molecule has 1 aromatic carbocycles. The maximum atomic E-state index is 13.0. The molecular weight excluding hydrogens is 507 g/mol. The fourth-order valence-electron chi connectivity index (χ4n) is 3.14. The number of aromatic amines is 1. The molecular formula is C22H29N6O8P. The number of imide groups is 1. The third kappa shape index (κ3) is 7.82. The van der Waals surface area contributed by atoms with Crippen LogP contribution in [0.3, 0.4) is 0 Å². The third-order valence-electron chi connectivity index (χ3n) is 5.01. The van der Waals surface area contributed by atoms with Crippen LogP contribution in [0.25, 0.3) is 0 Å². The lowest BCUT2D eigenvalue weighted by Crippen LogP contribution is -2.37. The number of phosphoric acid groups is 1. The van der Waals surface area contributed by atoms with Crippen molar-refractivity contribution in [3.05, 3.63) is 52.3 Å². The largest absolute Gasteiger partial charge is 0.472 e. The first-order valence-electron chi connectivity index (χ1n) is 11.0. The van der Waals surface area contributed by atoms with E-state index in [-0.39, 0.29) is 23.9 Å². The smallest absolute Gasteiger partial charge is 0.421 e. The summed E-state index contributed by atoms with van der Waals surface area (Å²) in [7, 11) is -4.85. The predicted octanol–water partition coefficient (Wildman–Crippen LogP) is 2.11. The van der Waals surface area contributed by atoms with Crippen LogP contribution < -0.4 is 11.1 Å². The molecule has 0 radical (unpaired) electrons. The summed E-state index contributed by atoms with van der Waals surface area (Å²) in [5, 5.41) is 2.72. The van der Waals surface area contributed by atoms with Gasteiger partial charge in [-0.25, -0.2) is 28.8 Å². The summed E-state index contributed by atoms with van der Waals surface area (Å²) in [6.07, 6.45) is 1.23. The van der Waals surface area contributed by atoms with Gasteiger partial charge in [-0.1, -0.05) is 6.07 Å². The lowest BCUT2D eigenvalue weighted by Gasteiger charge is -2.18. The highest BCUT2D eigenvalue weighted by Gasteiger charge is 2.27. The minimum absolute atomic E-state index is 0.0948. The summed E-state index contributed by atoms with van der Waals surface area (Å²) in [6.45, 7) is 6.06. The molecule has 6 N–H and O–H groups in total. The molecule has 0 fully saturated rings. The van der Waals surface area contributed by atoms with E-state index in [0.29, 0.717) is 29.1 Å². The van der Waals surface area contributed by atoms with Crippen molar-refractivity contribution in [3.63, 3.8) is 0 Å². The Balaban J connectivity index is 2.39. The molecule has 0 bridgehead atoms. The Morgan fingerprint density at radius 1 is 1.24 bits per heavy atom. The fourth-order valence-corrected chi connectivity index (χ4v) is 3.33. The van der Waals surface area contributed by atoms with Gasteiger partial charge in [0.25, 0.3) is 11.8 Å². The maximum Gasteiger partial charge on any atom is 0.472 e. The van der Waals surface area contributed by atoms with Gasteiger partial charge in [-0.05, 0) is 51.0 Å². The second kappa shape index (κ2) is 12.9. The molecule has 0 saturated carbocycles. The number of hydrogen-bond acceptors (Lipinski definition) is 7. The zero-order chi connectivity index (χ0) is 27.8. The standard InChI is InChI=1S/C22H29N6O8P/c1-5-24-20(29)15-8-7-13(3)17(9-15)27-19(26-11-23)18-14(4)16(10-25-18)21(30)28(6-2)22(31)35-12-36-37(32,33)34/h7-11,25H,5-6,12H2,1-4H3,(H,24,29)(H2,23,26,27)(H2,32,33,34). The summed E-state index contributed by atoms with van der Waals surface area (Å²) in [6, 6.07) is 5.01. The molecule has 37 heavy (non-hydrogen) atoms. The molecule has 14 nitrogen and oxygen atoms in total. The molecule has 0 aliphatic carbocycles. The van der Waals surface area contributed by atoms with Gasteiger partial charge in [0.05, 0.1) is 23.3 Å². The van der Waals surface area contributed by atoms with Crippen molar-refractivity contribution < 1.29 is 38.0 Å². The van der Waals surface area contributed by atoms with Gasteiger partial charge < -0.3 is 30.6 Å². The predicted molar refractivity (Wildman–Crippen MR) is 135 cm³/mol. The number of aliphatic imine (C=N–C) groups is 2. The van der Waals surface area contributed by atoms with Gasteiger partial charge in [0, 0.05) is 24.8 Å². The molecule has 1 heterocycles. The van der Waals surface area contributed by atoms with Crippen LogP contribution in [-0.2, 0) is 13.8 Å². The van der Waals surface area contributed by atoms with Gasteiger partial charge in [0.2, 0.25) is 6.79 Å². The van der Waals surface area contributed by atoms with E-state index < -0.39 is 26.6 Å². The van der Waals surface area contributed by atoms with Crippen molar-refractivity contribution in [1.82, 2.24) is 15.2 Å². The van der Waals surface area contributed by atoms with Crippen molar-refractivity contribution in [2.45, 2.75) is 27.7 Å². The second-order valence-electron chi connectivity index (χ2n) is 7.47. The van der Waals surface area contributed by atoms with Crippen molar-refractivity contribution in [1.29, 1.82) is 0 Å². The number of nitrogens with two attached hydrogens (primary N) is 1. The first kappa shape index (κ1) is 29.4. The number of aryl methyl sites for hydroxylation is 1. The number of benzene rings is 1. The summed E-state index contributed by atoms with van der Waals surface area (Å²) in [4.78, 5) is 67.3. The van der Waals surface area contributed by atoms with E-state index in [1.54, 1.807) is 25.1 Å². The van der Waals surface area contributed by atoms with Crippen molar-refractivity contribution in [2.24, 2.45) is 15.7 Å². The monoisotopic (exact) mass is 536 g/mol. The molecule has 0 aliphatic heterocycles. The molecule has 1 aromatic heterocycles. The lowest BCUT2D eigenvalue weighted by molar-refractivity contribution is 0.0210. The summed E-state index contributed by atoms with van der Waals surface area (Å²) in [5.74, 6) is -0.880. The number of H-pyrrole nitrogens is 1. The summed E-state index contributed by atoms with van der Waals surface area (Å²) < 4.78 is 19.5. The molecule has 200 valence electrons. The molecule has 0 aliphatic rings. The van der Waals surface area contributed by atoms with E-state index in [2.05, 4.69) is 29.5 Å². The third-order valence-corrected chi connectivity index (χ3v) is 5.45. The minimum atomic E-state index is -4.85. The van der Waals surface area contributed by atoms with E-state index in [0.717, 1.165) is 16.8 Å². The number of amides is 3. The molecule has 0 atom stereocenters. The van der Waals surface area contributed by atoms with Crippen molar-refractivity contribution in [3.8, 4) is 0 Å². The first-order chi connectivity index (χ1) is 17.4. The first-order valence-corrected chi connectivity index (χ1v) is 12.5. The Labute approximate surface area is 212 Å². The lowest BCUT2D eigenvalue weighted by atomic mass is 10.1. The molecule has 0 saturated heterocycles. The molecule has 2 aromatic rings. The van der Waals surface area contributed by atoms with E-state index in [1.165, 1.54) is 13.1 Å². The molecule has 0 spiro atoms. The molecule has 15 heteroatoms. The van der Waals surface area contributed by atoms with Gasteiger partial charge in [-0.15, -0.1) is 0 Å². The summed E-state index contributed by atoms with van der Waals surface area (Å²) in [5.41, 5.74) is 7.97. The van der Waals surface area contributed by atoms with Crippen molar-refractivity contribution >= 4 is 43.6 Å². The molecule has 0 unspecified atom stereocenters. The van der Waals surface area contributed by atoms with E-state index in [4.69, 9.17) is 15.5 Å². The average molecular weight is 536 g/mol. The normalized spacial score (nSPS) is 12.0. The number of rotatable bonds is 9. The van der Waals surface area contributed by atoms with Crippen LogP contribution in [0.4, 0.5) is 10.5 Å². The van der Waals surface area contributed by atoms with Gasteiger partial charge in [0.15, 0.2) is 5.84 Å². The second-order valence-corrected chi connectivity index (χ2v) is 8.71. The molecule has 3 amide bonds.